The second-order valence-corrected chi connectivity index (χ2v) is 6.84. The van der Waals surface area contributed by atoms with Gasteiger partial charge in [-0.2, -0.15) is 5.10 Å². The van der Waals surface area contributed by atoms with E-state index in [1.54, 1.807) is 30.3 Å². The largest absolute Gasteiger partial charge is 0.274 e. The van der Waals surface area contributed by atoms with Crippen LogP contribution in [0.5, 0.6) is 0 Å². The molecule has 28 heavy (non-hydrogen) atoms. The van der Waals surface area contributed by atoms with Crippen molar-refractivity contribution in [2.75, 3.05) is 0 Å². The fourth-order valence-corrected chi connectivity index (χ4v) is 3.12. The number of hydrogen-bond acceptors (Lipinski definition) is 2. The molecule has 0 bridgehead atoms. The molecular formula is C23H16ClFN2O. The highest BCUT2D eigenvalue weighted by Gasteiger charge is 2.12. The van der Waals surface area contributed by atoms with Gasteiger partial charge in [0.2, 0.25) is 0 Å². The minimum atomic E-state index is -0.318. The molecule has 0 saturated heterocycles. The summed E-state index contributed by atoms with van der Waals surface area (Å²) in [5.74, 6) is -0.318. The van der Waals surface area contributed by atoms with Crippen molar-refractivity contribution in [2.24, 2.45) is 0 Å². The molecule has 3 aromatic carbocycles. The van der Waals surface area contributed by atoms with E-state index in [0.717, 1.165) is 16.7 Å². The Morgan fingerprint density at radius 2 is 1.54 bits per heavy atom. The van der Waals surface area contributed by atoms with Crippen molar-refractivity contribution in [1.29, 1.82) is 0 Å². The van der Waals surface area contributed by atoms with Crippen LogP contribution in [0.1, 0.15) is 5.56 Å². The van der Waals surface area contributed by atoms with Crippen molar-refractivity contribution >= 4 is 11.6 Å². The van der Waals surface area contributed by atoms with E-state index in [1.807, 2.05) is 42.5 Å². The van der Waals surface area contributed by atoms with Crippen LogP contribution in [0, 0.1) is 5.82 Å². The summed E-state index contributed by atoms with van der Waals surface area (Å²) in [7, 11) is 0. The molecule has 0 amide bonds. The second kappa shape index (κ2) is 7.79. The first kappa shape index (κ1) is 18.1. The molecule has 138 valence electrons. The van der Waals surface area contributed by atoms with Crippen molar-refractivity contribution in [2.45, 2.75) is 6.54 Å². The molecule has 1 aromatic heterocycles. The summed E-state index contributed by atoms with van der Waals surface area (Å²) in [4.78, 5) is 13.1. The van der Waals surface area contributed by atoms with Crippen LogP contribution in [0.25, 0.3) is 22.4 Å². The molecule has 0 N–H and O–H groups in total. The van der Waals surface area contributed by atoms with Crippen molar-refractivity contribution in [3.63, 3.8) is 0 Å². The Morgan fingerprint density at radius 3 is 2.21 bits per heavy atom. The van der Waals surface area contributed by atoms with Gasteiger partial charge < -0.3 is 0 Å². The molecule has 0 aliphatic carbocycles. The molecule has 0 fully saturated rings. The van der Waals surface area contributed by atoms with Crippen molar-refractivity contribution in [1.82, 2.24) is 9.78 Å². The van der Waals surface area contributed by atoms with Crippen LogP contribution in [0.4, 0.5) is 4.39 Å². The predicted molar refractivity (Wildman–Crippen MR) is 110 cm³/mol. The lowest BCUT2D eigenvalue weighted by Gasteiger charge is -2.11. The van der Waals surface area contributed by atoms with Crippen molar-refractivity contribution in [3.05, 3.63) is 112 Å². The Labute approximate surface area is 166 Å². The average molecular weight is 391 g/mol. The Bertz CT molecular complexity index is 1150. The molecule has 0 spiro atoms. The van der Waals surface area contributed by atoms with Gasteiger partial charge in [-0.1, -0.05) is 54.1 Å². The summed E-state index contributed by atoms with van der Waals surface area (Å²) in [6.45, 7) is 0.310. The third-order valence-corrected chi connectivity index (χ3v) is 4.70. The normalized spacial score (nSPS) is 10.8. The Balaban J connectivity index is 1.86. The third-order valence-electron chi connectivity index (χ3n) is 4.44. The summed E-state index contributed by atoms with van der Waals surface area (Å²) in [6, 6.07) is 24.6. The van der Waals surface area contributed by atoms with Crippen LogP contribution in [0.2, 0.25) is 5.02 Å². The summed E-state index contributed by atoms with van der Waals surface area (Å²) in [5, 5.41) is 5.16. The molecule has 0 atom stereocenters. The predicted octanol–water partition coefficient (Wildman–Crippen LogP) is 5.42. The Morgan fingerprint density at radius 1 is 0.857 bits per heavy atom. The van der Waals surface area contributed by atoms with E-state index in [1.165, 1.54) is 16.8 Å². The van der Waals surface area contributed by atoms with Gasteiger partial charge in [-0.3, -0.25) is 4.79 Å². The summed E-state index contributed by atoms with van der Waals surface area (Å²) < 4.78 is 14.8. The monoisotopic (exact) mass is 390 g/mol. The van der Waals surface area contributed by atoms with Gasteiger partial charge in [0.1, 0.15) is 5.82 Å². The number of rotatable bonds is 4. The molecule has 4 rings (SSSR count). The van der Waals surface area contributed by atoms with Gasteiger partial charge in [-0.25, -0.2) is 9.07 Å². The molecule has 0 radical (unpaired) electrons. The van der Waals surface area contributed by atoms with Crippen LogP contribution in [-0.4, -0.2) is 9.78 Å². The highest BCUT2D eigenvalue weighted by molar-refractivity contribution is 6.30. The van der Waals surface area contributed by atoms with E-state index in [4.69, 9.17) is 11.6 Å². The number of nitrogens with zero attached hydrogens (tertiary/aromatic N) is 2. The smallest absolute Gasteiger partial charge is 0.267 e. The van der Waals surface area contributed by atoms with E-state index in [0.29, 0.717) is 22.8 Å². The van der Waals surface area contributed by atoms with E-state index < -0.39 is 0 Å². The topological polar surface area (TPSA) is 34.9 Å². The molecule has 0 aliphatic heterocycles. The lowest BCUT2D eigenvalue weighted by atomic mass is 10.0. The van der Waals surface area contributed by atoms with Gasteiger partial charge in [0.05, 0.1) is 17.8 Å². The van der Waals surface area contributed by atoms with Gasteiger partial charge >= 0.3 is 0 Å². The first-order valence-corrected chi connectivity index (χ1v) is 9.16. The third kappa shape index (κ3) is 3.87. The summed E-state index contributed by atoms with van der Waals surface area (Å²) in [6.07, 6.45) is 0. The maximum atomic E-state index is 13.3. The quantitative estimate of drug-likeness (QED) is 0.466. The minimum absolute atomic E-state index is 0.188. The lowest BCUT2D eigenvalue weighted by molar-refractivity contribution is 0.627. The first-order chi connectivity index (χ1) is 13.6. The standard InChI is InChI=1S/C23H16ClFN2O/c24-19-10-6-16(7-11-19)15-27-23(28)21(17-4-2-1-3-5-17)14-22(26-27)18-8-12-20(25)13-9-18/h1-14H,15H2. The molecule has 1 heterocycles. The average Bonchev–Trinajstić information content (AvgIpc) is 2.72. The zero-order valence-corrected chi connectivity index (χ0v) is 15.6. The maximum Gasteiger partial charge on any atom is 0.274 e. The zero-order valence-electron chi connectivity index (χ0n) is 14.8. The molecule has 0 aliphatic rings. The van der Waals surface area contributed by atoms with Crippen LogP contribution >= 0.6 is 11.6 Å². The number of hydrogen-bond donors (Lipinski definition) is 0. The fraction of sp³-hybridized carbons (Fsp3) is 0.0435. The SMILES string of the molecule is O=c1c(-c2ccccc2)cc(-c2ccc(F)cc2)nn1Cc1ccc(Cl)cc1. The molecule has 0 saturated carbocycles. The van der Waals surface area contributed by atoms with Crippen LogP contribution < -0.4 is 5.56 Å². The molecule has 3 nitrogen and oxygen atoms in total. The van der Waals surface area contributed by atoms with E-state index in [9.17, 15) is 9.18 Å². The zero-order chi connectivity index (χ0) is 19.5. The Hall–Kier alpha value is -3.24. The maximum absolute atomic E-state index is 13.3. The molecule has 4 aromatic rings. The first-order valence-electron chi connectivity index (χ1n) is 8.78. The fourth-order valence-electron chi connectivity index (χ4n) is 3.00. The van der Waals surface area contributed by atoms with Crippen LogP contribution in [-0.2, 0) is 6.54 Å². The van der Waals surface area contributed by atoms with Gasteiger partial charge in [-0.15, -0.1) is 0 Å². The van der Waals surface area contributed by atoms with E-state index >= 15 is 0 Å². The van der Waals surface area contributed by atoms with Gasteiger partial charge in [0.15, 0.2) is 0 Å². The minimum Gasteiger partial charge on any atom is -0.267 e. The Kier molecular flexibility index (Phi) is 5.04. The molecule has 5 heteroatoms. The van der Waals surface area contributed by atoms with Crippen LogP contribution in [0.3, 0.4) is 0 Å². The number of halogens is 2. The summed E-state index contributed by atoms with van der Waals surface area (Å²) in [5.41, 5.74) is 3.42. The number of benzene rings is 3. The summed E-state index contributed by atoms with van der Waals surface area (Å²) >= 11 is 5.95. The van der Waals surface area contributed by atoms with Crippen molar-refractivity contribution < 1.29 is 4.39 Å². The molecular weight excluding hydrogens is 375 g/mol. The molecule has 0 unspecified atom stereocenters. The van der Waals surface area contributed by atoms with Crippen LogP contribution in [0.15, 0.2) is 89.7 Å². The highest BCUT2D eigenvalue weighted by Crippen LogP contribution is 2.22. The number of aromatic nitrogens is 2. The lowest BCUT2D eigenvalue weighted by Crippen LogP contribution is -2.25. The van der Waals surface area contributed by atoms with E-state index in [-0.39, 0.29) is 11.4 Å². The van der Waals surface area contributed by atoms with Gasteiger partial charge in [0, 0.05) is 10.6 Å². The van der Waals surface area contributed by atoms with Crippen molar-refractivity contribution in [3.8, 4) is 22.4 Å². The second-order valence-electron chi connectivity index (χ2n) is 6.41. The van der Waals surface area contributed by atoms with E-state index in [2.05, 4.69) is 5.10 Å². The highest BCUT2D eigenvalue weighted by atomic mass is 35.5. The van der Waals surface area contributed by atoms with Gasteiger partial charge in [-0.05, 0) is 53.6 Å². The van der Waals surface area contributed by atoms with Gasteiger partial charge in [0.25, 0.3) is 5.56 Å².